The quantitative estimate of drug-likeness (QED) is 0.626. The molecule has 0 saturated heterocycles. The normalized spacial score (nSPS) is 10.7. The van der Waals surface area contributed by atoms with Gasteiger partial charge in [-0.05, 0) is 28.1 Å². The van der Waals surface area contributed by atoms with Crippen LogP contribution in [0.15, 0.2) is 22.9 Å². The maximum absolute atomic E-state index is 12.9. The molecule has 3 nitrogen and oxygen atoms in total. The third-order valence-electron chi connectivity index (χ3n) is 1.36. The van der Waals surface area contributed by atoms with Crippen molar-refractivity contribution in [3.63, 3.8) is 0 Å². The van der Waals surface area contributed by atoms with Crippen molar-refractivity contribution < 1.29 is 4.39 Å². The van der Waals surface area contributed by atoms with Gasteiger partial charge < -0.3 is 0 Å². The van der Waals surface area contributed by atoms with Crippen LogP contribution in [-0.2, 0) is 0 Å². The van der Waals surface area contributed by atoms with Gasteiger partial charge in [0.1, 0.15) is 6.33 Å². The molecule has 0 N–H and O–H groups in total. The number of aromatic nitrogens is 3. The first kappa shape index (κ1) is 6.72. The fraction of sp³-hybridized carbons (Fsp3) is 0. The summed E-state index contributed by atoms with van der Waals surface area (Å²) in [5.74, 6) is -0.367. The summed E-state index contributed by atoms with van der Waals surface area (Å²) in [6.45, 7) is 0. The number of rotatable bonds is 0. The van der Waals surface area contributed by atoms with Crippen molar-refractivity contribution in [1.29, 1.82) is 0 Å². The summed E-state index contributed by atoms with van der Waals surface area (Å²) in [6, 6.07) is 2.94. The van der Waals surface area contributed by atoms with Gasteiger partial charge >= 0.3 is 0 Å². The van der Waals surface area contributed by atoms with E-state index in [1.807, 2.05) is 0 Å². The Kier molecular flexibility index (Phi) is 1.38. The molecule has 0 aliphatic heterocycles. The molecule has 0 spiro atoms. The third kappa shape index (κ3) is 0.920. The Morgan fingerprint density at radius 3 is 3.00 bits per heavy atom. The van der Waals surface area contributed by atoms with Crippen LogP contribution in [0, 0.1) is 5.95 Å². The number of fused-ring (bicyclic) bond motifs is 1. The fourth-order valence-corrected chi connectivity index (χ4v) is 1.25. The van der Waals surface area contributed by atoms with E-state index in [-0.39, 0.29) is 5.95 Å². The minimum absolute atomic E-state index is 0.367. The highest BCUT2D eigenvalue weighted by Gasteiger charge is 2.03. The molecule has 0 radical (unpaired) electrons. The zero-order valence-electron chi connectivity index (χ0n) is 5.33. The Balaban J connectivity index is 2.96. The number of hydrogen-bond donors (Lipinski definition) is 0. The highest BCUT2D eigenvalue weighted by Crippen LogP contribution is 2.15. The molecule has 0 unspecified atom stereocenters. The standard InChI is InChI=1S/C6H3BrFN3/c7-4-1-2-5(8)11-3-9-10-6(4)11/h1-3H. The molecular formula is C6H3BrFN3. The molecule has 2 heterocycles. The number of pyridine rings is 1. The molecule has 0 atom stereocenters. The SMILES string of the molecule is Fc1ccc(Br)c2nncn12. The van der Waals surface area contributed by atoms with Crippen molar-refractivity contribution in [3.05, 3.63) is 28.9 Å². The lowest BCUT2D eigenvalue weighted by Gasteiger charge is -1.94. The molecule has 2 rings (SSSR count). The summed E-state index contributed by atoms with van der Waals surface area (Å²) in [7, 11) is 0. The van der Waals surface area contributed by atoms with Crippen molar-refractivity contribution in [2.45, 2.75) is 0 Å². The van der Waals surface area contributed by atoms with Gasteiger partial charge in [0.2, 0.25) is 5.95 Å². The zero-order chi connectivity index (χ0) is 7.84. The summed E-state index contributed by atoms with van der Waals surface area (Å²) < 4.78 is 14.9. The molecule has 0 saturated carbocycles. The van der Waals surface area contributed by atoms with Gasteiger partial charge in [-0.2, -0.15) is 4.39 Å². The molecule has 2 aromatic heterocycles. The van der Waals surface area contributed by atoms with Crippen LogP contribution in [0.2, 0.25) is 0 Å². The smallest absolute Gasteiger partial charge is 0.200 e. The highest BCUT2D eigenvalue weighted by molar-refractivity contribution is 9.10. The van der Waals surface area contributed by atoms with Crippen molar-refractivity contribution in [3.8, 4) is 0 Å². The monoisotopic (exact) mass is 215 g/mol. The maximum atomic E-state index is 12.9. The minimum Gasteiger partial charge on any atom is -0.256 e. The van der Waals surface area contributed by atoms with Gasteiger partial charge in [0.25, 0.3) is 0 Å². The molecule has 56 valence electrons. The molecule has 5 heteroatoms. The van der Waals surface area contributed by atoms with Gasteiger partial charge in [0.05, 0.1) is 4.47 Å². The second-order valence-electron chi connectivity index (χ2n) is 2.03. The molecule has 2 aromatic rings. The lowest BCUT2D eigenvalue weighted by Crippen LogP contribution is -1.90. The van der Waals surface area contributed by atoms with E-state index in [9.17, 15) is 4.39 Å². The average Bonchev–Trinajstić information content (AvgIpc) is 2.45. The third-order valence-corrected chi connectivity index (χ3v) is 1.98. The molecule has 0 aliphatic rings. The molecular weight excluding hydrogens is 213 g/mol. The van der Waals surface area contributed by atoms with Gasteiger partial charge in [0.15, 0.2) is 5.65 Å². The van der Waals surface area contributed by atoms with Gasteiger partial charge in [-0.25, -0.2) is 0 Å². The lowest BCUT2D eigenvalue weighted by atomic mass is 10.5. The van der Waals surface area contributed by atoms with Gasteiger partial charge in [-0.1, -0.05) is 0 Å². The first-order valence-corrected chi connectivity index (χ1v) is 3.72. The summed E-state index contributed by atoms with van der Waals surface area (Å²) >= 11 is 3.22. The van der Waals surface area contributed by atoms with E-state index in [1.165, 1.54) is 16.8 Å². The lowest BCUT2D eigenvalue weighted by molar-refractivity contribution is 0.566. The maximum Gasteiger partial charge on any atom is 0.200 e. The van der Waals surface area contributed by atoms with E-state index < -0.39 is 0 Å². The molecule has 11 heavy (non-hydrogen) atoms. The van der Waals surface area contributed by atoms with E-state index in [4.69, 9.17) is 0 Å². The van der Waals surface area contributed by atoms with Crippen molar-refractivity contribution >= 4 is 21.6 Å². The fourth-order valence-electron chi connectivity index (χ4n) is 0.851. The summed E-state index contributed by atoms with van der Waals surface area (Å²) in [5, 5.41) is 7.27. The highest BCUT2D eigenvalue weighted by atomic mass is 79.9. The first-order valence-electron chi connectivity index (χ1n) is 2.93. The second-order valence-corrected chi connectivity index (χ2v) is 2.88. The van der Waals surface area contributed by atoms with Crippen LogP contribution in [-0.4, -0.2) is 14.6 Å². The minimum atomic E-state index is -0.367. The molecule has 0 aliphatic carbocycles. The van der Waals surface area contributed by atoms with Crippen LogP contribution in [0.25, 0.3) is 5.65 Å². The van der Waals surface area contributed by atoms with E-state index in [0.29, 0.717) is 5.65 Å². The molecule has 0 fully saturated rings. The molecule has 0 amide bonds. The predicted octanol–water partition coefficient (Wildman–Crippen LogP) is 1.63. The van der Waals surface area contributed by atoms with Gasteiger partial charge in [-0.15, -0.1) is 10.2 Å². The first-order chi connectivity index (χ1) is 5.29. The topological polar surface area (TPSA) is 30.2 Å². The van der Waals surface area contributed by atoms with Crippen molar-refractivity contribution in [1.82, 2.24) is 14.6 Å². The largest absolute Gasteiger partial charge is 0.256 e. The molecule has 0 aromatic carbocycles. The average molecular weight is 216 g/mol. The van der Waals surface area contributed by atoms with Crippen molar-refractivity contribution in [2.75, 3.05) is 0 Å². The van der Waals surface area contributed by atoms with Crippen LogP contribution in [0.4, 0.5) is 4.39 Å². The van der Waals surface area contributed by atoms with Crippen LogP contribution in [0.1, 0.15) is 0 Å². The Morgan fingerprint density at radius 1 is 1.45 bits per heavy atom. The van der Waals surface area contributed by atoms with Crippen LogP contribution in [0.3, 0.4) is 0 Å². The van der Waals surface area contributed by atoms with E-state index in [1.54, 1.807) is 6.07 Å². The number of hydrogen-bond acceptors (Lipinski definition) is 2. The van der Waals surface area contributed by atoms with Gasteiger partial charge in [-0.3, -0.25) is 4.40 Å². The summed E-state index contributed by atoms with van der Waals surface area (Å²) in [5.41, 5.74) is 0.491. The van der Waals surface area contributed by atoms with Crippen LogP contribution < -0.4 is 0 Å². The van der Waals surface area contributed by atoms with Gasteiger partial charge in [0, 0.05) is 0 Å². The zero-order valence-corrected chi connectivity index (χ0v) is 6.92. The van der Waals surface area contributed by atoms with Crippen LogP contribution in [0.5, 0.6) is 0 Å². The molecule has 0 bridgehead atoms. The number of nitrogens with zero attached hydrogens (tertiary/aromatic N) is 3. The summed E-state index contributed by atoms with van der Waals surface area (Å²) in [6.07, 6.45) is 1.33. The van der Waals surface area contributed by atoms with Crippen molar-refractivity contribution in [2.24, 2.45) is 0 Å². The Labute approximate surface area is 70.0 Å². The predicted molar refractivity (Wildman–Crippen MR) is 40.6 cm³/mol. The number of halogens is 2. The summed E-state index contributed by atoms with van der Waals surface area (Å²) in [4.78, 5) is 0. The Morgan fingerprint density at radius 2 is 2.27 bits per heavy atom. The van der Waals surface area contributed by atoms with E-state index >= 15 is 0 Å². The van der Waals surface area contributed by atoms with E-state index in [0.717, 1.165) is 4.47 Å². The van der Waals surface area contributed by atoms with Crippen LogP contribution >= 0.6 is 15.9 Å². The Hall–Kier alpha value is -0.970. The second kappa shape index (κ2) is 2.27. The Bertz CT molecular complexity index is 362. The van der Waals surface area contributed by atoms with E-state index in [2.05, 4.69) is 26.1 Å².